The lowest BCUT2D eigenvalue weighted by Crippen LogP contribution is -1.81. The Morgan fingerprint density at radius 2 is 1.44 bits per heavy atom. The van der Waals surface area contributed by atoms with E-state index < -0.39 is 0 Å². The molecule has 3 atom stereocenters. The molecular weight excluding hydrogens is 132 g/mol. The van der Waals surface area contributed by atoms with Gasteiger partial charge < -0.3 is 0 Å². The van der Waals surface area contributed by atoms with Crippen molar-refractivity contribution in [3.05, 3.63) is 0 Å². The molecule has 0 aromatic rings. The SMILES string of the molecule is ClC1[C@H]2CCCCC[C@@H]12. The smallest absolute Gasteiger partial charge is 0.0398 e. The Morgan fingerprint density at radius 1 is 0.889 bits per heavy atom. The number of alkyl halides is 1. The summed E-state index contributed by atoms with van der Waals surface area (Å²) in [5, 5.41) is 0.574. The largest absolute Gasteiger partial charge is 0.122 e. The Hall–Kier alpha value is 0.290. The van der Waals surface area contributed by atoms with Gasteiger partial charge in [0.25, 0.3) is 0 Å². The van der Waals surface area contributed by atoms with Gasteiger partial charge in [0.2, 0.25) is 0 Å². The average molecular weight is 145 g/mol. The predicted octanol–water partition coefficient (Wildman–Crippen LogP) is 2.80. The highest BCUT2D eigenvalue weighted by atomic mass is 35.5. The first kappa shape index (κ1) is 6.03. The van der Waals surface area contributed by atoms with E-state index in [1.165, 1.54) is 32.1 Å². The van der Waals surface area contributed by atoms with Crippen LogP contribution >= 0.6 is 11.6 Å². The second kappa shape index (κ2) is 2.16. The standard InChI is InChI=1S/C8H13Cl/c9-8-6-4-2-1-3-5-7(6)8/h6-8H,1-5H2/t6-,7+,8?. The van der Waals surface area contributed by atoms with Crippen LogP contribution in [0.25, 0.3) is 0 Å². The summed E-state index contributed by atoms with van der Waals surface area (Å²) in [5.74, 6) is 1.85. The fourth-order valence-electron chi connectivity index (χ4n) is 2.08. The second-order valence-electron chi connectivity index (χ2n) is 3.41. The highest BCUT2D eigenvalue weighted by Crippen LogP contribution is 2.51. The van der Waals surface area contributed by atoms with Crippen LogP contribution < -0.4 is 0 Å². The fraction of sp³-hybridized carbons (Fsp3) is 1.00. The van der Waals surface area contributed by atoms with E-state index >= 15 is 0 Å². The Morgan fingerprint density at radius 3 is 2.00 bits per heavy atom. The Balaban J connectivity index is 1.93. The van der Waals surface area contributed by atoms with Crippen LogP contribution in [0.3, 0.4) is 0 Å². The summed E-state index contributed by atoms with van der Waals surface area (Å²) in [6.07, 6.45) is 7.16. The van der Waals surface area contributed by atoms with Crippen molar-refractivity contribution in [2.24, 2.45) is 11.8 Å². The van der Waals surface area contributed by atoms with Gasteiger partial charge in [-0.2, -0.15) is 0 Å². The van der Waals surface area contributed by atoms with Crippen molar-refractivity contribution in [3.63, 3.8) is 0 Å². The summed E-state index contributed by atoms with van der Waals surface area (Å²) >= 11 is 6.03. The Kier molecular flexibility index (Phi) is 1.45. The monoisotopic (exact) mass is 144 g/mol. The van der Waals surface area contributed by atoms with Crippen molar-refractivity contribution in [3.8, 4) is 0 Å². The van der Waals surface area contributed by atoms with Gasteiger partial charge in [-0.3, -0.25) is 0 Å². The fourth-order valence-corrected chi connectivity index (χ4v) is 2.62. The molecule has 0 saturated heterocycles. The van der Waals surface area contributed by atoms with Crippen LogP contribution in [0.15, 0.2) is 0 Å². The van der Waals surface area contributed by atoms with Crippen LogP contribution in [0, 0.1) is 11.8 Å². The van der Waals surface area contributed by atoms with Crippen LogP contribution in [0.1, 0.15) is 32.1 Å². The summed E-state index contributed by atoms with van der Waals surface area (Å²) in [6, 6.07) is 0. The van der Waals surface area contributed by atoms with E-state index in [1.807, 2.05) is 0 Å². The van der Waals surface area contributed by atoms with Gasteiger partial charge in [0, 0.05) is 5.38 Å². The Labute approximate surface area is 61.6 Å². The molecule has 2 saturated carbocycles. The summed E-state index contributed by atoms with van der Waals surface area (Å²) < 4.78 is 0. The van der Waals surface area contributed by atoms with Crippen molar-refractivity contribution in [1.29, 1.82) is 0 Å². The first-order valence-electron chi connectivity index (χ1n) is 4.03. The minimum absolute atomic E-state index is 0.574. The van der Waals surface area contributed by atoms with Crippen molar-refractivity contribution in [1.82, 2.24) is 0 Å². The summed E-state index contributed by atoms with van der Waals surface area (Å²) in [4.78, 5) is 0. The van der Waals surface area contributed by atoms with Crippen LogP contribution in [0.5, 0.6) is 0 Å². The zero-order valence-electron chi connectivity index (χ0n) is 5.65. The maximum Gasteiger partial charge on any atom is 0.0398 e. The van der Waals surface area contributed by atoms with Gasteiger partial charge in [0.05, 0.1) is 0 Å². The minimum Gasteiger partial charge on any atom is -0.122 e. The average Bonchev–Trinajstić information content (AvgIpc) is 2.51. The number of halogens is 1. The quantitative estimate of drug-likeness (QED) is 0.459. The molecule has 0 aromatic heterocycles. The molecule has 1 unspecified atom stereocenters. The molecule has 9 heavy (non-hydrogen) atoms. The predicted molar refractivity (Wildman–Crippen MR) is 39.7 cm³/mol. The lowest BCUT2D eigenvalue weighted by Gasteiger charge is -1.93. The van der Waals surface area contributed by atoms with E-state index in [4.69, 9.17) is 11.6 Å². The topological polar surface area (TPSA) is 0 Å². The molecule has 0 aliphatic heterocycles. The third kappa shape index (κ3) is 0.980. The van der Waals surface area contributed by atoms with Crippen molar-refractivity contribution in [2.75, 3.05) is 0 Å². The first-order valence-corrected chi connectivity index (χ1v) is 4.47. The molecule has 2 aliphatic carbocycles. The number of rotatable bonds is 0. The van der Waals surface area contributed by atoms with Gasteiger partial charge in [-0.25, -0.2) is 0 Å². The van der Waals surface area contributed by atoms with Crippen LogP contribution in [0.2, 0.25) is 0 Å². The van der Waals surface area contributed by atoms with E-state index in [-0.39, 0.29) is 0 Å². The normalized spacial score (nSPS) is 49.7. The van der Waals surface area contributed by atoms with E-state index in [0.29, 0.717) is 5.38 Å². The molecule has 0 spiro atoms. The van der Waals surface area contributed by atoms with Crippen LogP contribution in [0.4, 0.5) is 0 Å². The number of hydrogen-bond acceptors (Lipinski definition) is 0. The molecule has 52 valence electrons. The number of hydrogen-bond donors (Lipinski definition) is 0. The zero-order chi connectivity index (χ0) is 6.27. The highest BCUT2D eigenvalue weighted by molar-refractivity contribution is 6.23. The van der Waals surface area contributed by atoms with E-state index in [9.17, 15) is 0 Å². The molecule has 2 fully saturated rings. The lowest BCUT2D eigenvalue weighted by atomic mass is 10.2. The molecule has 0 bridgehead atoms. The molecule has 2 rings (SSSR count). The Bertz CT molecular complexity index is 99.1. The lowest BCUT2D eigenvalue weighted by molar-refractivity contribution is 0.646. The molecule has 2 aliphatic rings. The summed E-state index contributed by atoms with van der Waals surface area (Å²) in [5.41, 5.74) is 0. The van der Waals surface area contributed by atoms with E-state index in [1.54, 1.807) is 0 Å². The molecular formula is C8H13Cl. The maximum absolute atomic E-state index is 6.03. The second-order valence-corrected chi connectivity index (χ2v) is 3.91. The summed E-state index contributed by atoms with van der Waals surface area (Å²) in [7, 11) is 0. The van der Waals surface area contributed by atoms with Gasteiger partial charge in [0.15, 0.2) is 0 Å². The van der Waals surface area contributed by atoms with Crippen LogP contribution in [-0.4, -0.2) is 5.38 Å². The summed E-state index contributed by atoms with van der Waals surface area (Å²) in [6.45, 7) is 0. The van der Waals surface area contributed by atoms with Gasteiger partial charge in [-0.1, -0.05) is 19.3 Å². The molecule has 0 heterocycles. The molecule has 0 N–H and O–H groups in total. The van der Waals surface area contributed by atoms with Gasteiger partial charge in [-0.05, 0) is 24.7 Å². The highest BCUT2D eigenvalue weighted by Gasteiger charge is 2.48. The third-order valence-electron chi connectivity index (χ3n) is 2.80. The van der Waals surface area contributed by atoms with E-state index in [0.717, 1.165) is 11.8 Å². The molecule has 0 aromatic carbocycles. The first-order chi connectivity index (χ1) is 4.39. The maximum atomic E-state index is 6.03. The van der Waals surface area contributed by atoms with Crippen molar-refractivity contribution < 1.29 is 0 Å². The van der Waals surface area contributed by atoms with E-state index in [2.05, 4.69) is 0 Å². The van der Waals surface area contributed by atoms with Crippen LogP contribution in [-0.2, 0) is 0 Å². The number of fused-ring (bicyclic) bond motifs is 1. The van der Waals surface area contributed by atoms with Gasteiger partial charge >= 0.3 is 0 Å². The minimum atomic E-state index is 0.574. The van der Waals surface area contributed by atoms with Gasteiger partial charge in [0.1, 0.15) is 0 Å². The zero-order valence-corrected chi connectivity index (χ0v) is 6.40. The third-order valence-corrected chi connectivity index (χ3v) is 3.45. The van der Waals surface area contributed by atoms with Gasteiger partial charge in [-0.15, -0.1) is 11.6 Å². The molecule has 1 heteroatoms. The van der Waals surface area contributed by atoms with Crippen molar-refractivity contribution in [2.45, 2.75) is 37.5 Å². The van der Waals surface area contributed by atoms with Crippen molar-refractivity contribution >= 4 is 11.6 Å². The molecule has 0 radical (unpaired) electrons. The molecule has 0 amide bonds. The molecule has 0 nitrogen and oxygen atoms in total.